The zero-order valence-corrected chi connectivity index (χ0v) is 18.1. The molecule has 8 heteroatoms. The summed E-state index contributed by atoms with van der Waals surface area (Å²) in [5.74, 6) is 0.0876. The maximum atomic E-state index is 12.9. The van der Waals surface area contributed by atoms with Crippen LogP contribution in [-0.2, 0) is 11.2 Å². The Morgan fingerprint density at radius 2 is 1.93 bits per heavy atom. The number of aryl methyl sites for hydroxylation is 2. The molecule has 1 aromatic heterocycles. The summed E-state index contributed by atoms with van der Waals surface area (Å²) in [5.41, 5.74) is 2.91. The molecule has 0 saturated carbocycles. The van der Waals surface area contributed by atoms with Gasteiger partial charge in [0.05, 0.1) is 18.7 Å². The molecule has 2 N–H and O–H groups in total. The van der Waals surface area contributed by atoms with Gasteiger partial charge in [0.2, 0.25) is 5.91 Å². The number of amides is 2. The molecular weight excluding hydrogens is 422 g/mol. The van der Waals surface area contributed by atoms with Gasteiger partial charge in [0.25, 0.3) is 5.91 Å². The number of benzene rings is 2. The molecule has 0 bridgehead atoms. The highest BCUT2D eigenvalue weighted by atomic mass is 35.5. The van der Waals surface area contributed by atoms with E-state index in [1.165, 1.54) is 11.3 Å². The number of fused-ring (bicyclic) bond motifs is 1. The summed E-state index contributed by atoms with van der Waals surface area (Å²) >= 11 is 7.29. The summed E-state index contributed by atoms with van der Waals surface area (Å²) in [6.07, 6.45) is 1.48. The second kappa shape index (κ2) is 8.45. The maximum absolute atomic E-state index is 12.9. The summed E-state index contributed by atoms with van der Waals surface area (Å²) in [6.45, 7) is 1.93. The minimum absolute atomic E-state index is 0.0980. The van der Waals surface area contributed by atoms with E-state index >= 15 is 0 Å². The number of anilines is 2. The third kappa shape index (κ3) is 4.17. The van der Waals surface area contributed by atoms with E-state index in [2.05, 4.69) is 15.6 Å². The predicted octanol–water partition coefficient (Wildman–Crippen LogP) is 5.03. The van der Waals surface area contributed by atoms with Gasteiger partial charge in [-0.15, -0.1) is 11.3 Å². The number of methoxy groups -OCH3 is 1. The second-order valence-electron chi connectivity index (χ2n) is 7.05. The molecule has 0 fully saturated rings. The van der Waals surface area contributed by atoms with Gasteiger partial charge < -0.3 is 10.1 Å². The zero-order chi connectivity index (χ0) is 21.3. The highest BCUT2D eigenvalue weighted by molar-refractivity contribution is 7.16. The second-order valence-corrected chi connectivity index (χ2v) is 8.57. The van der Waals surface area contributed by atoms with Crippen molar-refractivity contribution in [3.63, 3.8) is 0 Å². The lowest BCUT2D eigenvalue weighted by atomic mass is 10.1. The Labute approximate surface area is 183 Å². The van der Waals surface area contributed by atoms with Crippen molar-refractivity contribution < 1.29 is 14.3 Å². The first kappa shape index (κ1) is 20.4. The zero-order valence-electron chi connectivity index (χ0n) is 16.5. The molecule has 1 aliphatic rings. The van der Waals surface area contributed by atoms with E-state index in [9.17, 15) is 9.59 Å². The highest BCUT2D eigenvalue weighted by Gasteiger charge is 2.33. The van der Waals surface area contributed by atoms with Gasteiger partial charge in [-0.05, 0) is 67.8 Å². The molecule has 1 heterocycles. The maximum Gasteiger partial charge on any atom is 0.257 e. The number of hydrogen-bond acceptors (Lipinski definition) is 5. The van der Waals surface area contributed by atoms with Gasteiger partial charge in [0.1, 0.15) is 5.75 Å². The van der Waals surface area contributed by atoms with Crippen LogP contribution in [0.3, 0.4) is 0 Å². The number of nitrogens with one attached hydrogen (secondary N) is 2. The quantitative estimate of drug-likeness (QED) is 0.581. The molecule has 2 aromatic carbocycles. The molecule has 30 heavy (non-hydrogen) atoms. The van der Waals surface area contributed by atoms with Crippen molar-refractivity contribution in [2.24, 2.45) is 0 Å². The lowest BCUT2D eigenvalue weighted by Gasteiger charge is -2.12. The molecule has 0 spiro atoms. The van der Waals surface area contributed by atoms with Crippen LogP contribution in [0.25, 0.3) is 0 Å². The Bertz CT molecular complexity index is 1110. The molecule has 2 amide bonds. The minimum atomic E-state index is -0.333. The van der Waals surface area contributed by atoms with E-state index in [4.69, 9.17) is 16.3 Å². The van der Waals surface area contributed by atoms with Crippen molar-refractivity contribution in [2.45, 2.75) is 25.7 Å². The predicted molar refractivity (Wildman–Crippen MR) is 119 cm³/mol. The van der Waals surface area contributed by atoms with E-state index in [-0.39, 0.29) is 17.7 Å². The van der Waals surface area contributed by atoms with Crippen LogP contribution in [-0.4, -0.2) is 23.9 Å². The van der Waals surface area contributed by atoms with Crippen LogP contribution >= 0.6 is 22.9 Å². The number of aromatic nitrogens is 1. The van der Waals surface area contributed by atoms with Crippen molar-refractivity contribution in [3.8, 4) is 5.75 Å². The molecule has 1 unspecified atom stereocenters. The first-order chi connectivity index (χ1) is 14.4. The summed E-state index contributed by atoms with van der Waals surface area (Å²) in [6, 6.07) is 12.2. The van der Waals surface area contributed by atoms with Crippen molar-refractivity contribution >= 4 is 45.6 Å². The first-order valence-electron chi connectivity index (χ1n) is 9.46. The number of nitrogens with zero attached hydrogens (tertiary/aromatic N) is 1. The van der Waals surface area contributed by atoms with Crippen LogP contribution in [0.5, 0.6) is 5.75 Å². The average molecular weight is 442 g/mol. The summed E-state index contributed by atoms with van der Waals surface area (Å²) in [7, 11) is 1.62. The van der Waals surface area contributed by atoms with Crippen LogP contribution in [0.1, 0.15) is 38.8 Å². The number of thiazole rings is 1. The van der Waals surface area contributed by atoms with Crippen LogP contribution < -0.4 is 15.4 Å². The fourth-order valence-electron chi connectivity index (χ4n) is 3.49. The highest BCUT2D eigenvalue weighted by Crippen LogP contribution is 2.39. The van der Waals surface area contributed by atoms with Gasteiger partial charge >= 0.3 is 0 Å². The van der Waals surface area contributed by atoms with Gasteiger partial charge in [-0.25, -0.2) is 4.98 Å². The van der Waals surface area contributed by atoms with Gasteiger partial charge in [-0.3, -0.25) is 14.9 Å². The lowest BCUT2D eigenvalue weighted by Crippen LogP contribution is -2.20. The standard InChI is InChI=1S/C22H20ClN3O3S/c1-12-11-15(7-9-17(12)29-2)24-21(28)16-8-10-18-19(16)25-22(30-18)26-20(27)13-3-5-14(23)6-4-13/h3-7,9,11,16H,8,10H2,1-2H3,(H,24,28)(H,25,26,27). The molecule has 4 rings (SSSR count). The van der Waals surface area contributed by atoms with Crippen LogP contribution in [0.4, 0.5) is 10.8 Å². The lowest BCUT2D eigenvalue weighted by molar-refractivity contribution is -0.117. The van der Waals surface area contributed by atoms with Gasteiger partial charge in [-0.2, -0.15) is 0 Å². The van der Waals surface area contributed by atoms with E-state index in [1.807, 2.05) is 25.1 Å². The van der Waals surface area contributed by atoms with Crippen molar-refractivity contribution in [1.29, 1.82) is 0 Å². The number of hydrogen-bond donors (Lipinski definition) is 2. The molecular formula is C22H20ClN3O3S. The number of ether oxygens (including phenoxy) is 1. The Morgan fingerprint density at radius 3 is 2.63 bits per heavy atom. The molecule has 1 aliphatic carbocycles. The van der Waals surface area contributed by atoms with E-state index in [1.54, 1.807) is 31.4 Å². The normalized spacial score (nSPS) is 14.8. The Morgan fingerprint density at radius 1 is 1.17 bits per heavy atom. The van der Waals surface area contributed by atoms with Crippen LogP contribution in [0.2, 0.25) is 5.02 Å². The Kier molecular flexibility index (Phi) is 5.74. The third-order valence-electron chi connectivity index (χ3n) is 5.02. The van der Waals surface area contributed by atoms with Crippen molar-refractivity contribution in [1.82, 2.24) is 4.98 Å². The fourth-order valence-corrected chi connectivity index (χ4v) is 4.65. The topological polar surface area (TPSA) is 80.3 Å². The summed E-state index contributed by atoms with van der Waals surface area (Å²) in [4.78, 5) is 30.8. The molecule has 154 valence electrons. The van der Waals surface area contributed by atoms with Crippen molar-refractivity contribution in [2.75, 3.05) is 17.7 Å². The van der Waals surface area contributed by atoms with Gasteiger partial charge in [0, 0.05) is 21.2 Å². The molecule has 3 aromatic rings. The number of rotatable bonds is 5. The molecule has 1 atom stereocenters. The monoisotopic (exact) mass is 441 g/mol. The average Bonchev–Trinajstić information content (AvgIpc) is 3.28. The summed E-state index contributed by atoms with van der Waals surface area (Å²) < 4.78 is 5.26. The van der Waals surface area contributed by atoms with Crippen LogP contribution in [0.15, 0.2) is 42.5 Å². The van der Waals surface area contributed by atoms with E-state index < -0.39 is 0 Å². The fraction of sp³-hybridized carbons (Fsp3) is 0.227. The third-order valence-corrected chi connectivity index (χ3v) is 6.32. The van der Waals surface area contributed by atoms with E-state index in [0.717, 1.165) is 34.0 Å². The van der Waals surface area contributed by atoms with E-state index in [0.29, 0.717) is 22.1 Å². The Balaban J connectivity index is 1.45. The smallest absolute Gasteiger partial charge is 0.257 e. The number of carbonyl (C=O) groups excluding carboxylic acids is 2. The molecule has 0 radical (unpaired) electrons. The number of carbonyl (C=O) groups is 2. The van der Waals surface area contributed by atoms with Gasteiger partial charge in [0.15, 0.2) is 5.13 Å². The number of halogens is 1. The molecule has 0 saturated heterocycles. The van der Waals surface area contributed by atoms with Gasteiger partial charge in [-0.1, -0.05) is 11.6 Å². The largest absolute Gasteiger partial charge is 0.496 e. The summed E-state index contributed by atoms with van der Waals surface area (Å²) in [5, 5.41) is 6.85. The molecule has 0 aliphatic heterocycles. The van der Waals surface area contributed by atoms with Crippen LogP contribution in [0, 0.1) is 6.92 Å². The molecule has 6 nitrogen and oxygen atoms in total. The SMILES string of the molecule is COc1ccc(NC(=O)C2CCc3sc(NC(=O)c4ccc(Cl)cc4)nc32)cc1C. The first-order valence-corrected chi connectivity index (χ1v) is 10.7. The Hall–Kier alpha value is -2.90. The van der Waals surface area contributed by atoms with Crippen molar-refractivity contribution in [3.05, 3.63) is 69.2 Å². The minimum Gasteiger partial charge on any atom is -0.496 e.